The van der Waals surface area contributed by atoms with Crippen molar-refractivity contribution in [2.75, 3.05) is 23.3 Å². The second-order valence-corrected chi connectivity index (χ2v) is 7.83. The molecule has 6 heteroatoms. The molecule has 160 valence electrons. The van der Waals surface area contributed by atoms with Gasteiger partial charge in [-0.25, -0.2) is 0 Å². The fraction of sp³-hybridized carbons (Fsp3) is 0.417. The Hall–Kier alpha value is -2.86. The van der Waals surface area contributed by atoms with E-state index >= 15 is 0 Å². The van der Waals surface area contributed by atoms with Crippen molar-refractivity contribution in [1.29, 1.82) is 0 Å². The molecule has 6 nitrogen and oxygen atoms in total. The van der Waals surface area contributed by atoms with Crippen molar-refractivity contribution in [2.24, 2.45) is 0 Å². The fourth-order valence-corrected chi connectivity index (χ4v) is 3.77. The maximum atomic E-state index is 12.8. The molecule has 0 aromatic heterocycles. The molecule has 2 aromatic rings. The molecule has 0 radical (unpaired) electrons. The summed E-state index contributed by atoms with van der Waals surface area (Å²) in [6.07, 6.45) is 4.38. The van der Waals surface area contributed by atoms with E-state index in [2.05, 4.69) is 10.6 Å². The number of rotatable bonds is 9. The summed E-state index contributed by atoms with van der Waals surface area (Å²) >= 11 is 0. The summed E-state index contributed by atoms with van der Waals surface area (Å²) in [6.45, 7) is 2.35. The van der Waals surface area contributed by atoms with Gasteiger partial charge in [-0.1, -0.05) is 50.1 Å². The standard InChI is InChI=1S/C24H31N3O3/c1-2-20(28)16-27(19-12-4-3-5-13-19)17-23(29)26-22-15-9-8-14-21(22)24(30)25-18-10-6-7-11-18/h3-5,8-9,12-15,18,20,28H,2,6-7,10-11,16-17H2,1H3,(H,25,30)(H,26,29). The van der Waals surface area contributed by atoms with Crippen LogP contribution in [-0.2, 0) is 4.79 Å². The van der Waals surface area contributed by atoms with Crippen LogP contribution >= 0.6 is 0 Å². The predicted octanol–water partition coefficient (Wildman–Crippen LogP) is 3.58. The second kappa shape index (κ2) is 10.8. The van der Waals surface area contributed by atoms with E-state index in [0.717, 1.165) is 31.4 Å². The minimum atomic E-state index is -0.525. The van der Waals surface area contributed by atoms with Crippen LogP contribution < -0.4 is 15.5 Å². The molecule has 1 saturated carbocycles. The van der Waals surface area contributed by atoms with Gasteiger partial charge < -0.3 is 20.6 Å². The number of carbonyl (C=O) groups is 2. The van der Waals surface area contributed by atoms with Gasteiger partial charge in [0.05, 0.1) is 23.9 Å². The maximum Gasteiger partial charge on any atom is 0.253 e. The molecule has 1 aliphatic rings. The first-order chi connectivity index (χ1) is 14.6. The van der Waals surface area contributed by atoms with Gasteiger partial charge in [0.1, 0.15) is 0 Å². The Kier molecular flexibility index (Phi) is 7.85. The van der Waals surface area contributed by atoms with E-state index in [4.69, 9.17) is 0 Å². The Morgan fingerprint density at radius 1 is 1.07 bits per heavy atom. The van der Waals surface area contributed by atoms with Crippen LogP contribution in [0.4, 0.5) is 11.4 Å². The number of hydrogen-bond donors (Lipinski definition) is 3. The third-order valence-corrected chi connectivity index (χ3v) is 5.49. The molecule has 0 heterocycles. The Bertz CT molecular complexity index is 835. The third kappa shape index (κ3) is 6.07. The Morgan fingerprint density at radius 2 is 1.73 bits per heavy atom. The van der Waals surface area contributed by atoms with Gasteiger partial charge in [-0.05, 0) is 43.5 Å². The molecule has 1 fully saturated rings. The van der Waals surface area contributed by atoms with Crippen LogP contribution in [0.5, 0.6) is 0 Å². The highest BCUT2D eigenvalue weighted by Crippen LogP contribution is 2.21. The van der Waals surface area contributed by atoms with Crippen molar-refractivity contribution in [3.8, 4) is 0 Å². The molecule has 30 heavy (non-hydrogen) atoms. The Labute approximate surface area is 178 Å². The molecule has 0 saturated heterocycles. The summed E-state index contributed by atoms with van der Waals surface area (Å²) in [5, 5.41) is 16.1. The van der Waals surface area contributed by atoms with Gasteiger partial charge >= 0.3 is 0 Å². The molecule has 3 rings (SSSR count). The first-order valence-electron chi connectivity index (χ1n) is 10.7. The number of aliphatic hydroxyl groups is 1. The van der Waals surface area contributed by atoms with Crippen LogP contribution in [-0.4, -0.2) is 42.2 Å². The van der Waals surface area contributed by atoms with Gasteiger partial charge in [0.2, 0.25) is 5.91 Å². The van der Waals surface area contributed by atoms with Crippen molar-refractivity contribution in [3.63, 3.8) is 0 Å². The molecular formula is C24H31N3O3. The number of nitrogens with one attached hydrogen (secondary N) is 2. The van der Waals surface area contributed by atoms with Crippen LogP contribution in [0, 0.1) is 0 Å². The smallest absolute Gasteiger partial charge is 0.253 e. The minimum Gasteiger partial charge on any atom is -0.391 e. The summed E-state index contributed by atoms with van der Waals surface area (Å²) < 4.78 is 0. The van der Waals surface area contributed by atoms with E-state index in [1.807, 2.05) is 42.2 Å². The number of hydrogen-bond acceptors (Lipinski definition) is 4. The van der Waals surface area contributed by atoms with Crippen molar-refractivity contribution >= 4 is 23.2 Å². The van der Waals surface area contributed by atoms with Gasteiger partial charge in [0.25, 0.3) is 5.91 Å². The lowest BCUT2D eigenvalue weighted by atomic mass is 10.1. The monoisotopic (exact) mass is 409 g/mol. The number of anilines is 2. The molecule has 0 aliphatic heterocycles. The maximum absolute atomic E-state index is 12.8. The molecule has 1 aliphatic carbocycles. The highest BCUT2D eigenvalue weighted by molar-refractivity contribution is 6.04. The van der Waals surface area contributed by atoms with Gasteiger partial charge in [0, 0.05) is 18.3 Å². The van der Waals surface area contributed by atoms with Crippen molar-refractivity contribution < 1.29 is 14.7 Å². The molecule has 3 N–H and O–H groups in total. The molecule has 0 bridgehead atoms. The van der Waals surface area contributed by atoms with Gasteiger partial charge in [-0.3, -0.25) is 9.59 Å². The normalized spacial score (nSPS) is 14.9. The largest absolute Gasteiger partial charge is 0.391 e. The summed E-state index contributed by atoms with van der Waals surface area (Å²) in [7, 11) is 0. The number of para-hydroxylation sites is 2. The lowest BCUT2D eigenvalue weighted by Gasteiger charge is -2.26. The van der Waals surface area contributed by atoms with Crippen LogP contribution in [0.2, 0.25) is 0 Å². The highest BCUT2D eigenvalue weighted by Gasteiger charge is 2.21. The summed E-state index contributed by atoms with van der Waals surface area (Å²) in [4.78, 5) is 27.4. The van der Waals surface area contributed by atoms with Gasteiger partial charge in [0.15, 0.2) is 0 Å². The zero-order valence-electron chi connectivity index (χ0n) is 17.5. The van der Waals surface area contributed by atoms with E-state index in [0.29, 0.717) is 24.2 Å². The summed E-state index contributed by atoms with van der Waals surface area (Å²) in [5.41, 5.74) is 1.84. The fourth-order valence-electron chi connectivity index (χ4n) is 3.77. The SMILES string of the molecule is CCC(O)CN(CC(=O)Nc1ccccc1C(=O)NC1CCCC1)c1ccccc1. The van der Waals surface area contributed by atoms with Gasteiger partial charge in [-0.2, -0.15) is 0 Å². The Morgan fingerprint density at radius 3 is 2.43 bits per heavy atom. The van der Waals surface area contributed by atoms with Crippen molar-refractivity contribution in [3.05, 3.63) is 60.2 Å². The lowest BCUT2D eigenvalue weighted by molar-refractivity contribution is -0.115. The quantitative estimate of drug-likeness (QED) is 0.591. The third-order valence-electron chi connectivity index (χ3n) is 5.49. The molecule has 1 unspecified atom stereocenters. The van der Waals surface area contributed by atoms with E-state index in [1.165, 1.54) is 0 Å². The summed E-state index contributed by atoms with van der Waals surface area (Å²) in [6, 6.07) is 16.8. The number of benzene rings is 2. The second-order valence-electron chi connectivity index (χ2n) is 7.83. The van der Waals surface area contributed by atoms with Gasteiger partial charge in [-0.15, -0.1) is 0 Å². The Balaban J connectivity index is 1.69. The topological polar surface area (TPSA) is 81.7 Å². The van der Waals surface area contributed by atoms with Crippen molar-refractivity contribution in [2.45, 2.75) is 51.2 Å². The van der Waals surface area contributed by atoms with Crippen LogP contribution in [0.15, 0.2) is 54.6 Å². The van der Waals surface area contributed by atoms with Crippen LogP contribution in [0.25, 0.3) is 0 Å². The summed E-state index contributed by atoms with van der Waals surface area (Å²) in [5.74, 6) is -0.387. The van der Waals surface area contributed by atoms with E-state index < -0.39 is 6.10 Å². The van der Waals surface area contributed by atoms with E-state index in [1.54, 1.807) is 24.3 Å². The van der Waals surface area contributed by atoms with E-state index in [-0.39, 0.29) is 24.4 Å². The zero-order chi connectivity index (χ0) is 21.3. The molecule has 2 aromatic carbocycles. The molecular weight excluding hydrogens is 378 g/mol. The highest BCUT2D eigenvalue weighted by atomic mass is 16.3. The molecule has 0 spiro atoms. The number of carbonyl (C=O) groups excluding carboxylic acids is 2. The number of aliphatic hydroxyl groups excluding tert-OH is 1. The number of amides is 2. The van der Waals surface area contributed by atoms with Crippen LogP contribution in [0.1, 0.15) is 49.4 Å². The average Bonchev–Trinajstić information content (AvgIpc) is 3.27. The zero-order valence-corrected chi connectivity index (χ0v) is 17.5. The first kappa shape index (κ1) is 21.8. The molecule has 1 atom stereocenters. The lowest BCUT2D eigenvalue weighted by Crippen LogP contribution is -2.39. The average molecular weight is 410 g/mol. The van der Waals surface area contributed by atoms with Crippen LogP contribution in [0.3, 0.4) is 0 Å². The van der Waals surface area contributed by atoms with Crippen molar-refractivity contribution in [1.82, 2.24) is 5.32 Å². The number of nitrogens with zero attached hydrogens (tertiary/aromatic N) is 1. The first-order valence-corrected chi connectivity index (χ1v) is 10.7. The minimum absolute atomic E-state index is 0.0830. The molecule has 2 amide bonds. The van der Waals surface area contributed by atoms with E-state index in [9.17, 15) is 14.7 Å². The predicted molar refractivity (Wildman–Crippen MR) is 120 cm³/mol.